The molecule has 0 atom stereocenters. The van der Waals surface area contributed by atoms with Crippen molar-refractivity contribution in [2.45, 2.75) is 38.6 Å². The zero-order valence-electron chi connectivity index (χ0n) is 18.7. The summed E-state index contributed by atoms with van der Waals surface area (Å²) in [5.41, 5.74) is -0.412. The van der Waals surface area contributed by atoms with Crippen LogP contribution in [0.25, 0.3) is 16.7 Å². The van der Waals surface area contributed by atoms with Crippen molar-refractivity contribution in [2.75, 3.05) is 0 Å². The Morgan fingerprint density at radius 3 is 2.06 bits per heavy atom. The first-order chi connectivity index (χ1) is 16.4. The van der Waals surface area contributed by atoms with E-state index in [1.54, 1.807) is 4.57 Å². The van der Waals surface area contributed by atoms with Gasteiger partial charge in [0.05, 0.1) is 11.0 Å². The highest BCUT2D eigenvalue weighted by Gasteiger charge is 2.48. The molecule has 0 saturated heterocycles. The van der Waals surface area contributed by atoms with Crippen molar-refractivity contribution in [2.24, 2.45) is 40.5 Å². The number of benzene rings is 2. The summed E-state index contributed by atoms with van der Waals surface area (Å²) in [5.74, 6) is 7.54. The molecule has 1 aromatic heterocycles. The quantitative estimate of drug-likeness (QED) is 0.477. The minimum Gasteiger partial charge on any atom is -0.322 e. The highest BCUT2D eigenvalue weighted by Crippen LogP contribution is 2.56. The summed E-state index contributed by atoms with van der Waals surface area (Å²) in [6.45, 7) is 0.440. The van der Waals surface area contributed by atoms with Crippen LogP contribution >= 0.6 is 0 Å². The molecule has 4 fully saturated rings. The first-order valence-electron chi connectivity index (χ1n) is 11.9. The maximum atomic E-state index is 14.4. The molecule has 176 valence electrons. The van der Waals surface area contributed by atoms with Gasteiger partial charge in [0.2, 0.25) is 5.36 Å². The first-order valence-corrected chi connectivity index (χ1v) is 11.9. The number of nitrogens with two attached hydrogens (primary N) is 1. The van der Waals surface area contributed by atoms with E-state index in [9.17, 15) is 18.4 Å². The third-order valence-electron chi connectivity index (χ3n) is 8.35. The van der Waals surface area contributed by atoms with Gasteiger partial charge >= 0.3 is 0 Å². The minimum atomic E-state index is -0.765. The van der Waals surface area contributed by atoms with Gasteiger partial charge in [-0.1, -0.05) is 0 Å². The molecule has 2 aromatic carbocycles. The van der Waals surface area contributed by atoms with Gasteiger partial charge in [-0.05, 0) is 98.1 Å². The Morgan fingerprint density at radius 1 is 0.824 bits per heavy atom. The van der Waals surface area contributed by atoms with Gasteiger partial charge < -0.3 is 10.4 Å². The van der Waals surface area contributed by atoms with Crippen LogP contribution in [0.4, 0.5) is 8.78 Å². The van der Waals surface area contributed by atoms with E-state index in [0.717, 1.165) is 11.8 Å². The number of halogens is 2. The van der Waals surface area contributed by atoms with E-state index in [1.807, 2.05) is 0 Å². The molecular formula is C26H26F2N4O2. The summed E-state index contributed by atoms with van der Waals surface area (Å²) < 4.78 is 30.8. The average molecular weight is 465 g/mol. The Labute approximate surface area is 194 Å². The number of rotatable bonds is 3. The van der Waals surface area contributed by atoms with Crippen molar-refractivity contribution >= 4 is 11.0 Å². The maximum absolute atomic E-state index is 14.4. The Balaban J connectivity index is 1.62. The van der Waals surface area contributed by atoms with E-state index >= 15 is 0 Å². The van der Waals surface area contributed by atoms with Crippen LogP contribution in [-0.2, 0) is 6.54 Å². The number of nitrogens with zero attached hydrogens (tertiary/aromatic N) is 3. The summed E-state index contributed by atoms with van der Waals surface area (Å²) >= 11 is 0. The predicted octanol–water partition coefficient (Wildman–Crippen LogP) is 3.28. The van der Waals surface area contributed by atoms with Gasteiger partial charge in [0.15, 0.2) is 0 Å². The highest BCUT2D eigenvalue weighted by molar-refractivity contribution is 5.77. The van der Waals surface area contributed by atoms with Gasteiger partial charge in [0, 0.05) is 18.3 Å². The largest absolute Gasteiger partial charge is 0.322 e. The lowest BCUT2D eigenvalue weighted by molar-refractivity contribution is -0.0429. The average Bonchev–Trinajstić information content (AvgIpc) is 2.88. The number of hydrogen-bond acceptors (Lipinski definition) is 4. The van der Waals surface area contributed by atoms with Gasteiger partial charge in [-0.2, -0.15) is 5.10 Å². The summed E-state index contributed by atoms with van der Waals surface area (Å²) in [6.07, 6.45) is 6.08. The number of aromatic nitrogens is 2. The van der Waals surface area contributed by atoms with E-state index in [1.165, 1.54) is 79.1 Å². The van der Waals surface area contributed by atoms with Crippen molar-refractivity contribution in [3.8, 4) is 5.69 Å². The highest BCUT2D eigenvalue weighted by atomic mass is 19.1. The normalized spacial score (nSPS) is 28.1. The van der Waals surface area contributed by atoms with Crippen LogP contribution in [0.5, 0.6) is 0 Å². The van der Waals surface area contributed by atoms with Gasteiger partial charge in [-0.15, -0.1) is 0 Å². The molecule has 3 aromatic rings. The predicted molar refractivity (Wildman–Crippen MR) is 124 cm³/mol. The first kappa shape index (κ1) is 21.3. The molecule has 4 saturated carbocycles. The van der Waals surface area contributed by atoms with Crippen LogP contribution in [-0.4, -0.2) is 9.13 Å². The molecule has 4 aliphatic carbocycles. The van der Waals surface area contributed by atoms with Gasteiger partial charge in [0.1, 0.15) is 11.6 Å². The lowest BCUT2D eigenvalue weighted by Gasteiger charge is -2.54. The third-order valence-corrected chi connectivity index (χ3v) is 8.35. The Morgan fingerprint density at radius 2 is 1.44 bits per heavy atom. The fourth-order valence-electron chi connectivity index (χ4n) is 7.13. The third kappa shape index (κ3) is 3.30. The molecule has 0 radical (unpaired) electrons. The topological polar surface area (TPSA) is 82.4 Å². The number of hydrogen-bond donors (Lipinski definition) is 1. The van der Waals surface area contributed by atoms with Crippen molar-refractivity contribution < 1.29 is 8.78 Å². The Bertz CT molecular complexity index is 1450. The molecule has 8 heteroatoms. The van der Waals surface area contributed by atoms with E-state index in [-0.39, 0.29) is 5.52 Å². The summed E-state index contributed by atoms with van der Waals surface area (Å²) in [6, 6.07) is 9.28. The van der Waals surface area contributed by atoms with E-state index in [0.29, 0.717) is 35.5 Å². The van der Waals surface area contributed by atoms with E-state index < -0.39 is 28.1 Å². The van der Waals surface area contributed by atoms with Crippen LogP contribution in [0.2, 0.25) is 0 Å². The van der Waals surface area contributed by atoms with Crippen molar-refractivity contribution in [3.63, 3.8) is 0 Å². The minimum absolute atomic E-state index is 0.215. The molecule has 7 rings (SSSR count). The molecule has 4 bridgehead atoms. The van der Waals surface area contributed by atoms with Crippen molar-refractivity contribution in [1.82, 2.24) is 9.13 Å². The van der Waals surface area contributed by atoms with Gasteiger partial charge in [0.25, 0.3) is 11.1 Å². The standard InChI is InChI=1S/C26H26F2N4O2/c27-18-1-4-20(5-2-18)32-23-12-19(28)3-6-22(23)31(25(33)24(30-29)26(32)34)13-21-16-8-14-7-15(10-16)11-17(21)9-14/h1-6,12,14-17,21H,7-11,13,29H2. The zero-order valence-corrected chi connectivity index (χ0v) is 18.7. The molecule has 1 heterocycles. The summed E-state index contributed by atoms with van der Waals surface area (Å²) in [7, 11) is 0. The summed E-state index contributed by atoms with van der Waals surface area (Å²) in [4.78, 5) is 27.1. The lowest BCUT2D eigenvalue weighted by atomic mass is 9.52. The van der Waals surface area contributed by atoms with Crippen LogP contribution in [0.15, 0.2) is 57.2 Å². The van der Waals surface area contributed by atoms with Gasteiger partial charge in [-0.3, -0.25) is 14.2 Å². The molecule has 34 heavy (non-hydrogen) atoms. The molecule has 2 N–H and O–H groups in total. The Kier molecular flexibility index (Phi) is 4.93. The number of fused-ring (bicyclic) bond motifs is 1. The van der Waals surface area contributed by atoms with Crippen LogP contribution < -0.4 is 22.3 Å². The second-order valence-corrected chi connectivity index (χ2v) is 10.2. The molecule has 6 nitrogen and oxygen atoms in total. The molecule has 0 aliphatic heterocycles. The van der Waals surface area contributed by atoms with Crippen LogP contribution in [0.1, 0.15) is 32.1 Å². The maximum Gasteiger partial charge on any atom is 0.289 e. The second kappa shape index (κ2) is 7.89. The lowest BCUT2D eigenvalue weighted by Crippen LogP contribution is -2.49. The monoisotopic (exact) mass is 464 g/mol. The molecular weight excluding hydrogens is 438 g/mol. The zero-order chi connectivity index (χ0) is 23.6. The van der Waals surface area contributed by atoms with E-state index in [2.05, 4.69) is 5.10 Å². The molecule has 0 spiro atoms. The van der Waals surface area contributed by atoms with Crippen molar-refractivity contribution in [3.05, 3.63) is 80.2 Å². The van der Waals surface area contributed by atoms with E-state index in [4.69, 9.17) is 5.84 Å². The smallest absolute Gasteiger partial charge is 0.289 e. The summed E-state index contributed by atoms with van der Waals surface area (Å²) in [5, 5.41) is 3.14. The fraction of sp³-hybridized carbons (Fsp3) is 0.423. The second-order valence-electron chi connectivity index (χ2n) is 10.2. The van der Waals surface area contributed by atoms with Gasteiger partial charge in [-0.25, -0.2) is 8.78 Å². The van der Waals surface area contributed by atoms with Crippen LogP contribution in [0.3, 0.4) is 0 Å². The fourth-order valence-corrected chi connectivity index (χ4v) is 7.13. The molecule has 4 aliphatic rings. The Hall–Kier alpha value is -3.29. The SMILES string of the molecule is NN=c1c(=O)n(CC2C3CC4CC(C3)CC2C4)c2ccc(F)cc2n(-c2ccc(F)cc2)c1=O. The molecule has 0 unspecified atom stereocenters. The van der Waals surface area contributed by atoms with Crippen molar-refractivity contribution in [1.29, 1.82) is 0 Å². The van der Waals surface area contributed by atoms with Crippen LogP contribution in [0, 0.1) is 41.2 Å². The molecule has 0 amide bonds.